The molecular weight excluding hydrogens is 264 g/mol. The third-order valence-electron chi connectivity index (χ3n) is 4.41. The first-order valence-electron chi connectivity index (χ1n) is 7.35. The average Bonchev–Trinajstić information content (AvgIpc) is 2.38. The Bertz CT molecular complexity index is 391. The van der Waals surface area contributed by atoms with Crippen LogP contribution in [-0.4, -0.2) is 43.1 Å². The summed E-state index contributed by atoms with van der Waals surface area (Å²) in [6, 6.07) is 0. The van der Waals surface area contributed by atoms with Crippen LogP contribution in [0.5, 0.6) is 0 Å². The number of hydrogen-bond donors (Lipinski definition) is 2. The van der Waals surface area contributed by atoms with Crippen molar-refractivity contribution < 1.29 is 13.5 Å². The standard InChI is InChI=1S/C13H26N2O3S/c1-13(7-3-2-4-8-13)14-19(17,18)15-9-5-6-12(10-15)11-16/h12,14,16H,2-11H2,1H3. The van der Waals surface area contributed by atoms with E-state index in [-0.39, 0.29) is 18.1 Å². The van der Waals surface area contributed by atoms with Crippen molar-refractivity contribution in [2.45, 2.75) is 57.4 Å². The van der Waals surface area contributed by atoms with Crippen molar-refractivity contribution in [1.82, 2.24) is 9.03 Å². The zero-order valence-electron chi connectivity index (χ0n) is 11.8. The lowest BCUT2D eigenvalue weighted by molar-refractivity contribution is 0.163. The van der Waals surface area contributed by atoms with Gasteiger partial charge in [-0.3, -0.25) is 0 Å². The van der Waals surface area contributed by atoms with E-state index < -0.39 is 10.2 Å². The molecule has 1 saturated carbocycles. The average molecular weight is 290 g/mol. The number of aliphatic hydroxyl groups is 1. The van der Waals surface area contributed by atoms with Gasteiger partial charge in [0.25, 0.3) is 10.2 Å². The van der Waals surface area contributed by atoms with Gasteiger partial charge in [-0.15, -0.1) is 0 Å². The van der Waals surface area contributed by atoms with Gasteiger partial charge in [0.15, 0.2) is 0 Å². The summed E-state index contributed by atoms with van der Waals surface area (Å²) in [6.45, 7) is 3.10. The first-order valence-corrected chi connectivity index (χ1v) is 8.79. The molecule has 0 bridgehead atoms. The van der Waals surface area contributed by atoms with E-state index >= 15 is 0 Å². The molecule has 0 amide bonds. The first kappa shape index (κ1) is 15.2. The molecule has 2 aliphatic rings. The molecule has 0 radical (unpaired) electrons. The number of aliphatic hydroxyl groups excluding tert-OH is 1. The van der Waals surface area contributed by atoms with Crippen LogP contribution < -0.4 is 4.72 Å². The van der Waals surface area contributed by atoms with Gasteiger partial charge in [0.05, 0.1) is 0 Å². The summed E-state index contributed by atoms with van der Waals surface area (Å²) in [6.07, 6.45) is 6.99. The van der Waals surface area contributed by atoms with Crippen LogP contribution in [0.15, 0.2) is 0 Å². The molecule has 1 aliphatic carbocycles. The van der Waals surface area contributed by atoms with Gasteiger partial charge in [-0.2, -0.15) is 17.4 Å². The summed E-state index contributed by atoms with van der Waals surface area (Å²) < 4.78 is 29.3. The Hall–Kier alpha value is -0.170. The Morgan fingerprint density at radius 3 is 2.58 bits per heavy atom. The molecule has 6 heteroatoms. The van der Waals surface area contributed by atoms with Crippen LogP contribution in [0.2, 0.25) is 0 Å². The van der Waals surface area contributed by atoms with Crippen LogP contribution in [0.1, 0.15) is 51.9 Å². The second-order valence-electron chi connectivity index (χ2n) is 6.28. The Kier molecular flexibility index (Phi) is 4.87. The molecule has 2 fully saturated rings. The SMILES string of the molecule is CC1(NS(=O)(=O)N2CCCC(CO)C2)CCCCC1. The monoisotopic (exact) mass is 290 g/mol. The van der Waals surface area contributed by atoms with Gasteiger partial charge in [-0.1, -0.05) is 19.3 Å². The molecule has 1 aliphatic heterocycles. The molecule has 1 unspecified atom stereocenters. The fourth-order valence-electron chi connectivity index (χ4n) is 3.20. The van der Waals surface area contributed by atoms with E-state index in [9.17, 15) is 13.5 Å². The number of nitrogens with zero attached hydrogens (tertiary/aromatic N) is 1. The summed E-state index contributed by atoms with van der Waals surface area (Å²) in [5.74, 6) is 0.0875. The van der Waals surface area contributed by atoms with Crippen LogP contribution in [0, 0.1) is 5.92 Å². The van der Waals surface area contributed by atoms with E-state index in [1.54, 1.807) is 0 Å². The van der Waals surface area contributed by atoms with Gasteiger partial charge in [0, 0.05) is 25.2 Å². The maximum Gasteiger partial charge on any atom is 0.279 e. The predicted octanol–water partition coefficient (Wildman–Crippen LogP) is 1.25. The van der Waals surface area contributed by atoms with Crippen molar-refractivity contribution in [2.24, 2.45) is 5.92 Å². The topological polar surface area (TPSA) is 69.6 Å². The molecule has 1 heterocycles. The highest BCUT2D eigenvalue weighted by molar-refractivity contribution is 7.87. The smallest absolute Gasteiger partial charge is 0.279 e. The highest BCUT2D eigenvalue weighted by Gasteiger charge is 2.36. The third-order valence-corrected chi connectivity index (χ3v) is 6.17. The molecule has 0 aromatic heterocycles. The lowest BCUT2D eigenvalue weighted by Crippen LogP contribution is -2.54. The maximum absolute atomic E-state index is 12.5. The van der Waals surface area contributed by atoms with E-state index in [0.29, 0.717) is 13.1 Å². The number of rotatable bonds is 4. The van der Waals surface area contributed by atoms with Crippen molar-refractivity contribution in [3.63, 3.8) is 0 Å². The molecular formula is C13H26N2O3S. The Labute approximate surface area is 116 Å². The molecule has 112 valence electrons. The van der Waals surface area contributed by atoms with Crippen LogP contribution in [0.25, 0.3) is 0 Å². The van der Waals surface area contributed by atoms with Gasteiger partial charge in [0.1, 0.15) is 0 Å². The summed E-state index contributed by atoms with van der Waals surface area (Å²) in [5, 5.41) is 9.20. The fourth-order valence-corrected chi connectivity index (χ4v) is 4.94. The third kappa shape index (κ3) is 3.90. The summed E-state index contributed by atoms with van der Waals surface area (Å²) >= 11 is 0. The van der Waals surface area contributed by atoms with Gasteiger partial charge >= 0.3 is 0 Å². The van der Waals surface area contributed by atoms with E-state index in [2.05, 4.69) is 4.72 Å². The molecule has 0 spiro atoms. The lowest BCUT2D eigenvalue weighted by atomic mass is 9.84. The van der Waals surface area contributed by atoms with E-state index in [1.807, 2.05) is 6.92 Å². The summed E-state index contributed by atoms with van der Waals surface area (Å²) in [4.78, 5) is 0. The molecule has 1 atom stereocenters. The van der Waals surface area contributed by atoms with E-state index in [1.165, 1.54) is 10.7 Å². The zero-order chi connectivity index (χ0) is 13.9. The van der Waals surface area contributed by atoms with Crippen LogP contribution >= 0.6 is 0 Å². The van der Waals surface area contributed by atoms with Crippen molar-refractivity contribution in [1.29, 1.82) is 0 Å². The molecule has 0 aromatic rings. The minimum Gasteiger partial charge on any atom is -0.396 e. The van der Waals surface area contributed by atoms with Crippen LogP contribution in [0.3, 0.4) is 0 Å². The number of nitrogens with one attached hydrogen (secondary N) is 1. The normalized spacial score (nSPS) is 29.3. The number of hydrogen-bond acceptors (Lipinski definition) is 3. The van der Waals surface area contributed by atoms with E-state index in [4.69, 9.17) is 0 Å². The Morgan fingerprint density at radius 1 is 1.26 bits per heavy atom. The molecule has 1 saturated heterocycles. The van der Waals surface area contributed by atoms with Gasteiger partial charge in [-0.25, -0.2) is 0 Å². The molecule has 2 rings (SSSR count). The highest BCUT2D eigenvalue weighted by atomic mass is 32.2. The molecule has 19 heavy (non-hydrogen) atoms. The van der Waals surface area contributed by atoms with Crippen molar-refractivity contribution in [2.75, 3.05) is 19.7 Å². The van der Waals surface area contributed by atoms with Crippen molar-refractivity contribution in [3.05, 3.63) is 0 Å². The zero-order valence-corrected chi connectivity index (χ0v) is 12.6. The number of piperidine rings is 1. The second kappa shape index (κ2) is 6.08. The maximum atomic E-state index is 12.5. The van der Waals surface area contributed by atoms with Crippen molar-refractivity contribution in [3.8, 4) is 0 Å². The minimum atomic E-state index is -3.41. The molecule has 2 N–H and O–H groups in total. The highest BCUT2D eigenvalue weighted by Crippen LogP contribution is 2.29. The Morgan fingerprint density at radius 2 is 1.95 bits per heavy atom. The van der Waals surface area contributed by atoms with Crippen LogP contribution in [0.4, 0.5) is 0 Å². The fraction of sp³-hybridized carbons (Fsp3) is 1.00. The molecule has 5 nitrogen and oxygen atoms in total. The largest absolute Gasteiger partial charge is 0.396 e. The lowest BCUT2D eigenvalue weighted by Gasteiger charge is -2.38. The van der Waals surface area contributed by atoms with Gasteiger partial charge < -0.3 is 5.11 Å². The van der Waals surface area contributed by atoms with Crippen LogP contribution in [-0.2, 0) is 10.2 Å². The predicted molar refractivity (Wildman–Crippen MR) is 74.9 cm³/mol. The molecule has 0 aromatic carbocycles. The quantitative estimate of drug-likeness (QED) is 0.818. The van der Waals surface area contributed by atoms with Crippen molar-refractivity contribution >= 4 is 10.2 Å². The second-order valence-corrected chi connectivity index (χ2v) is 7.95. The first-order chi connectivity index (χ1) is 8.95. The minimum absolute atomic E-state index is 0.0727. The van der Waals surface area contributed by atoms with Gasteiger partial charge in [0.2, 0.25) is 0 Å². The Balaban J connectivity index is 2.01. The van der Waals surface area contributed by atoms with E-state index in [0.717, 1.165) is 38.5 Å². The summed E-state index contributed by atoms with van der Waals surface area (Å²) in [7, 11) is -3.41. The summed E-state index contributed by atoms with van der Waals surface area (Å²) in [5.41, 5.74) is -0.288. The van der Waals surface area contributed by atoms with Gasteiger partial charge in [-0.05, 0) is 38.5 Å².